The van der Waals surface area contributed by atoms with Gasteiger partial charge in [0.05, 0.1) is 19.3 Å². The fraction of sp³-hybridized carbons (Fsp3) is 0.524. The summed E-state index contributed by atoms with van der Waals surface area (Å²) >= 11 is 0. The van der Waals surface area contributed by atoms with Crippen molar-refractivity contribution >= 4 is 5.82 Å². The van der Waals surface area contributed by atoms with Crippen LogP contribution in [-0.4, -0.2) is 41.2 Å². The van der Waals surface area contributed by atoms with Crippen LogP contribution >= 0.6 is 0 Å². The lowest BCUT2D eigenvalue weighted by Gasteiger charge is -2.30. The van der Waals surface area contributed by atoms with Crippen molar-refractivity contribution in [1.82, 2.24) is 9.55 Å². The monoisotopic (exact) mass is 437 g/mol. The number of hydrogen-bond acceptors (Lipinski definition) is 6. The van der Waals surface area contributed by atoms with E-state index in [0.717, 1.165) is 18.6 Å². The number of nitrogens with zero attached hydrogens (tertiary/aromatic N) is 3. The highest BCUT2D eigenvalue weighted by Crippen LogP contribution is 2.44. The van der Waals surface area contributed by atoms with Crippen LogP contribution < -0.4 is 20.1 Å². The molecular weight excluding hydrogens is 415 g/mol. The van der Waals surface area contributed by atoms with Gasteiger partial charge >= 0.3 is 5.69 Å². The molecular formula is C21H22F3N3O4. The van der Waals surface area contributed by atoms with Gasteiger partial charge in [-0.05, 0) is 37.0 Å². The molecule has 2 fully saturated rings. The average molecular weight is 437 g/mol. The largest absolute Gasteiger partial charge is 0.481 e. The molecule has 31 heavy (non-hydrogen) atoms. The summed E-state index contributed by atoms with van der Waals surface area (Å²) in [6.07, 6.45) is 2.07. The normalized spacial score (nSPS) is 20.9. The molecule has 2 aliphatic heterocycles. The minimum absolute atomic E-state index is 0.0727. The number of ether oxygens (including phenoxy) is 3. The Hall–Kier alpha value is -2.75. The highest BCUT2D eigenvalue weighted by atomic mass is 19.1. The summed E-state index contributed by atoms with van der Waals surface area (Å²) in [6.45, 7) is 0.793. The zero-order valence-electron chi connectivity index (χ0n) is 16.8. The van der Waals surface area contributed by atoms with E-state index in [1.54, 1.807) is 10.6 Å². The number of halogens is 3. The lowest BCUT2D eigenvalue weighted by Crippen LogP contribution is -2.39. The second kappa shape index (κ2) is 7.74. The Kier molecular flexibility index (Phi) is 5.04. The summed E-state index contributed by atoms with van der Waals surface area (Å²) in [6, 6.07) is 4.03. The van der Waals surface area contributed by atoms with Gasteiger partial charge in [0.1, 0.15) is 24.8 Å². The van der Waals surface area contributed by atoms with Gasteiger partial charge in [0.2, 0.25) is 5.88 Å². The molecule has 0 spiro atoms. The smallest absolute Gasteiger partial charge is 0.352 e. The van der Waals surface area contributed by atoms with Crippen molar-refractivity contribution in [3.05, 3.63) is 45.9 Å². The van der Waals surface area contributed by atoms with Crippen LogP contribution in [0, 0.1) is 11.6 Å². The molecule has 1 saturated heterocycles. The minimum atomic E-state index is -0.876. The van der Waals surface area contributed by atoms with Gasteiger partial charge in [-0.2, -0.15) is 4.98 Å². The van der Waals surface area contributed by atoms with Crippen LogP contribution in [0.5, 0.6) is 11.6 Å². The number of benzene rings is 1. The van der Waals surface area contributed by atoms with E-state index in [4.69, 9.17) is 14.2 Å². The molecule has 5 rings (SSSR count). The first-order valence-corrected chi connectivity index (χ1v) is 10.3. The van der Waals surface area contributed by atoms with E-state index in [1.165, 1.54) is 0 Å². The summed E-state index contributed by atoms with van der Waals surface area (Å²) in [5, 5.41) is 0. The maximum absolute atomic E-state index is 14.5. The van der Waals surface area contributed by atoms with E-state index >= 15 is 0 Å². The Morgan fingerprint density at radius 3 is 2.71 bits per heavy atom. The van der Waals surface area contributed by atoms with Crippen LogP contribution in [0.15, 0.2) is 23.0 Å². The molecule has 10 heteroatoms. The van der Waals surface area contributed by atoms with E-state index in [2.05, 4.69) is 4.98 Å². The highest BCUT2D eigenvalue weighted by Gasteiger charge is 2.46. The van der Waals surface area contributed by atoms with Crippen molar-refractivity contribution in [3.63, 3.8) is 0 Å². The molecule has 0 radical (unpaired) electrons. The fourth-order valence-corrected chi connectivity index (χ4v) is 4.14. The fourth-order valence-electron chi connectivity index (χ4n) is 4.14. The van der Waals surface area contributed by atoms with E-state index in [1.807, 2.05) is 4.90 Å². The molecule has 0 unspecified atom stereocenters. The lowest BCUT2D eigenvalue weighted by molar-refractivity contribution is 0.0903. The molecule has 0 amide bonds. The topological polar surface area (TPSA) is 65.8 Å². The molecule has 166 valence electrons. The van der Waals surface area contributed by atoms with Gasteiger partial charge < -0.3 is 19.1 Å². The van der Waals surface area contributed by atoms with E-state index in [0.29, 0.717) is 38.5 Å². The molecule has 0 N–H and O–H groups in total. The predicted molar refractivity (Wildman–Crippen MR) is 104 cm³/mol. The third kappa shape index (κ3) is 3.84. The standard InChI is InChI=1S/C21H22F3N3O4/c22-5-4-21(2-3-21)31-19-15(23)7-13(8-16(19)24)11-30-17-9-18-26(20(28)25-17)10-14-1-6-29-12-27(14)18/h7-9,14H,1-6,10-12H2/t14-/m0/s1. The SMILES string of the molecule is O=c1nc(OCc2cc(F)c(OC3(CCF)CC3)c(F)c2)cc2n1C[C@@H]1CCOCN21. The van der Waals surface area contributed by atoms with Gasteiger partial charge in [0, 0.05) is 19.0 Å². The number of rotatable bonds is 7. The molecule has 2 aromatic rings. The maximum atomic E-state index is 14.5. The molecule has 1 aromatic heterocycles. The van der Waals surface area contributed by atoms with Crippen molar-refractivity contribution in [2.75, 3.05) is 24.9 Å². The number of fused-ring (bicyclic) bond motifs is 3. The first-order chi connectivity index (χ1) is 15.0. The summed E-state index contributed by atoms with van der Waals surface area (Å²) < 4.78 is 59.6. The van der Waals surface area contributed by atoms with Gasteiger partial charge in [0.25, 0.3) is 0 Å². The van der Waals surface area contributed by atoms with Gasteiger partial charge in [-0.3, -0.25) is 8.96 Å². The predicted octanol–water partition coefficient (Wildman–Crippen LogP) is 2.94. The Morgan fingerprint density at radius 2 is 2.00 bits per heavy atom. The molecule has 0 bridgehead atoms. The van der Waals surface area contributed by atoms with Crippen LogP contribution in [0.2, 0.25) is 0 Å². The summed E-state index contributed by atoms with van der Waals surface area (Å²) in [5.41, 5.74) is -1.02. The zero-order valence-corrected chi connectivity index (χ0v) is 16.8. The van der Waals surface area contributed by atoms with Crippen LogP contribution in [0.4, 0.5) is 19.0 Å². The Morgan fingerprint density at radius 1 is 1.23 bits per heavy atom. The average Bonchev–Trinajstić information content (AvgIpc) is 3.40. The van der Waals surface area contributed by atoms with E-state index in [9.17, 15) is 18.0 Å². The number of aromatic nitrogens is 2. The highest BCUT2D eigenvalue weighted by molar-refractivity contribution is 5.47. The Bertz CT molecular complexity index is 1030. The molecule has 3 heterocycles. The first kappa shape index (κ1) is 20.2. The number of anilines is 1. The van der Waals surface area contributed by atoms with Crippen molar-refractivity contribution in [2.24, 2.45) is 0 Å². The first-order valence-electron chi connectivity index (χ1n) is 10.3. The van der Waals surface area contributed by atoms with Crippen LogP contribution in [-0.2, 0) is 17.9 Å². The second-order valence-electron chi connectivity index (χ2n) is 8.20. The van der Waals surface area contributed by atoms with Crippen LogP contribution in [0.1, 0.15) is 31.2 Å². The lowest BCUT2D eigenvalue weighted by atomic mass is 10.2. The second-order valence-corrected chi connectivity index (χ2v) is 8.20. The van der Waals surface area contributed by atoms with Crippen molar-refractivity contribution in [2.45, 2.75) is 50.5 Å². The van der Waals surface area contributed by atoms with Crippen molar-refractivity contribution < 1.29 is 27.4 Å². The summed E-state index contributed by atoms with van der Waals surface area (Å²) in [5.74, 6) is -1.52. The third-order valence-corrected chi connectivity index (χ3v) is 6.04. The quantitative estimate of drug-likeness (QED) is 0.664. The Labute approximate surface area is 176 Å². The van der Waals surface area contributed by atoms with Crippen molar-refractivity contribution in [1.29, 1.82) is 0 Å². The summed E-state index contributed by atoms with van der Waals surface area (Å²) in [4.78, 5) is 18.3. The van der Waals surface area contributed by atoms with E-state index in [-0.39, 0.29) is 30.5 Å². The van der Waals surface area contributed by atoms with Crippen LogP contribution in [0.3, 0.4) is 0 Å². The molecule has 1 atom stereocenters. The van der Waals surface area contributed by atoms with Gasteiger partial charge in [-0.1, -0.05) is 0 Å². The molecule has 1 saturated carbocycles. The number of hydrogen-bond donors (Lipinski definition) is 0. The zero-order chi connectivity index (χ0) is 21.6. The van der Waals surface area contributed by atoms with Gasteiger partial charge in [0.15, 0.2) is 17.4 Å². The van der Waals surface area contributed by atoms with Gasteiger partial charge in [-0.15, -0.1) is 0 Å². The summed E-state index contributed by atoms with van der Waals surface area (Å²) in [7, 11) is 0. The number of alkyl halides is 1. The Balaban J connectivity index is 1.31. The van der Waals surface area contributed by atoms with Gasteiger partial charge in [-0.25, -0.2) is 13.6 Å². The molecule has 1 aliphatic carbocycles. The van der Waals surface area contributed by atoms with Crippen molar-refractivity contribution in [3.8, 4) is 11.6 Å². The molecule has 7 nitrogen and oxygen atoms in total. The van der Waals surface area contributed by atoms with E-state index < -0.39 is 35.3 Å². The van der Waals surface area contributed by atoms with Crippen LogP contribution in [0.25, 0.3) is 0 Å². The molecule has 1 aromatic carbocycles. The maximum Gasteiger partial charge on any atom is 0.352 e. The molecule has 3 aliphatic rings. The minimum Gasteiger partial charge on any atom is -0.481 e. The third-order valence-electron chi connectivity index (χ3n) is 6.04.